The Morgan fingerprint density at radius 2 is 1.85 bits per heavy atom. The summed E-state index contributed by atoms with van der Waals surface area (Å²) in [5.74, 6) is 1.86. The molecule has 1 aliphatic carbocycles. The number of hydrogen-bond acceptors (Lipinski definition) is 10. The van der Waals surface area contributed by atoms with Gasteiger partial charge in [0.05, 0.1) is 38.2 Å². The molecule has 3 heterocycles. The Labute approximate surface area is 153 Å². The van der Waals surface area contributed by atoms with E-state index in [0.717, 1.165) is 30.6 Å². The smallest absolute Gasteiger partial charge is 0.259 e. The monoisotopic (exact) mass is 372 g/mol. The van der Waals surface area contributed by atoms with E-state index in [1.54, 1.807) is 13.4 Å². The fourth-order valence-corrected chi connectivity index (χ4v) is 2.90. The second-order valence-electron chi connectivity index (χ2n) is 5.60. The maximum atomic E-state index is 5.60. The van der Waals surface area contributed by atoms with Crippen molar-refractivity contribution in [2.24, 2.45) is 0 Å². The first-order valence-corrected chi connectivity index (χ1v) is 9.08. The summed E-state index contributed by atoms with van der Waals surface area (Å²) in [6, 6.07) is 0. The zero-order valence-corrected chi connectivity index (χ0v) is 15.3. The molecule has 0 bridgehead atoms. The summed E-state index contributed by atoms with van der Waals surface area (Å²) in [5, 5.41) is 0. The minimum absolute atomic E-state index is 0.302. The molecule has 0 aromatic carbocycles. The van der Waals surface area contributed by atoms with Gasteiger partial charge in [0.1, 0.15) is 11.9 Å². The third kappa shape index (κ3) is 2.96. The Hall–Kier alpha value is -2.75. The van der Waals surface area contributed by atoms with Gasteiger partial charge in [-0.15, -0.1) is 0 Å². The van der Waals surface area contributed by atoms with Crippen molar-refractivity contribution in [3.05, 3.63) is 18.2 Å². The van der Waals surface area contributed by atoms with Gasteiger partial charge in [-0.3, -0.25) is 0 Å². The van der Waals surface area contributed by atoms with Crippen LogP contribution in [-0.4, -0.2) is 50.4 Å². The van der Waals surface area contributed by atoms with E-state index in [2.05, 4.69) is 29.9 Å². The van der Waals surface area contributed by atoms with Crippen molar-refractivity contribution >= 4 is 23.2 Å². The maximum absolute atomic E-state index is 5.60. The predicted octanol–water partition coefficient (Wildman–Crippen LogP) is 2.43. The van der Waals surface area contributed by atoms with Gasteiger partial charge in [0, 0.05) is 12.2 Å². The molecule has 1 saturated carbocycles. The van der Waals surface area contributed by atoms with E-state index in [-0.39, 0.29) is 0 Å². The maximum Gasteiger partial charge on any atom is 0.259 e. The van der Waals surface area contributed by atoms with Gasteiger partial charge in [-0.05, 0) is 12.8 Å². The van der Waals surface area contributed by atoms with Crippen molar-refractivity contribution in [1.82, 2.24) is 29.9 Å². The van der Waals surface area contributed by atoms with E-state index in [0.29, 0.717) is 46.1 Å². The summed E-state index contributed by atoms with van der Waals surface area (Å²) in [6.07, 6.45) is 6.95. The van der Waals surface area contributed by atoms with Crippen molar-refractivity contribution in [2.45, 2.75) is 18.8 Å². The zero-order chi connectivity index (χ0) is 18.1. The molecule has 9 nitrogen and oxygen atoms in total. The fourth-order valence-electron chi connectivity index (χ4n) is 2.63. The van der Waals surface area contributed by atoms with E-state index < -0.39 is 0 Å². The minimum Gasteiger partial charge on any atom is -0.480 e. The van der Waals surface area contributed by atoms with Crippen LogP contribution < -0.4 is 13.7 Å². The van der Waals surface area contributed by atoms with Crippen LogP contribution in [0.25, 0.3) is 22.6 Å². The Kier molecular flexibility index (Phi) is 4.41. The SMILES string of the molecule is COc1cnc2nc(-c3c(OC)ncnc3C3CC3)nc(OSC)c2n1. The van der Waals surface area contributed by atoms with Crippen LogP contribution in [0.15, 0.2) is 12.5 Å². The number of ether oxygens (including phenoxy) is 2. The molecule has 1 fully saturated rings. The minimum atomic E-state index is 0.302. The highest BCUT2D eigenvalue weighted by Crippen LogP contribution is 2.45. The molecule has 0 amide bonds. The molecule has 0 unspecified atom stereocenters. The van der Waals surface area contributed by atoms with Gasteiger partial charge < -0.3 is 13.7 Å². The average Bonchev–Trinajstić information content (AvgIpc) is 3.52. The molecule has 26 heavy (non-hydrogen) atoms. The third-order valence-corrected chi connectivity index (χ3v) is 4.27. The van der Waals surface area contributed by atoms with Crippen molar-refractivity contribution in [2.75, 3.05) is 20.5 Å². The first kappa shape index (κ1) is 16.7. The summed E-state index contributed by atoms with van der Waals surface area (Å²) in [4.78, 5) is 26.4. The van der Waals surface area contributed by atoms with Gasteiger partial charge in [-0.1, -0.05) is 0 Å². The molecule has 0 atom stereocenters. The second kappa shape index (κ2) is 6.87. The zero-order valence-electron chi connectivity index (χ0n) is 14.5. The molecule has 10 heteroatoms. The highest BCUT2D eigenvalue weighted by Gasteiger charge is 2.32. The van der Waals surface area contributed by atoms with Crippen LogP contribution in [-0.2, 0) is 0 Å². The van der Waals surface area contributed by atoms with Gasteiger partial charge >= 0.3 is 0 Å². The highest BCUT2D eigenvalue weighted by atomic mass is 32.2. The number of hydrogen-bond donors (Lipinski definition) is 0. The van der Waals surface area contributed by atoms with Crippen molar-refractivity contribution in [1.29, 1.82) is 0 Å². The Morgan fingerprint density at radius 1 is 1.00 bits per heavy atom. The van der Waals surface area contributed by atoms with Crippen LogP contribution in [0.3, 0.4) is 0 Å². The Morgan fingerprint density at radius 3 is 2.54 bits per heavy atom. The number of nitrogens with zero attached hydrogens (tertiary/aromatic N) is 6. The Bertz CT molecular complexity index is 966. The molecular weight excluding hydrogens is 356 g/mol. The standard InChI is InChI=1S/C16H16N6O3S/c1-23-9-6-17-14-12(20-9)16(25-26-3)22-13(21-14)10-11(8-4-5-8)18-7-19-15(10)24-2/h6-8H,4-5H2,1-3H3. The third-order valence-electron chi connectivity index (χ3n) is 3.95. The molecule has 0 N–H and O–H groups in total. The summed E-state index contributed by atoms with van der Waals surface area (Å²) >= 11 is 1.16. The number of rotatable bonds is 6. The van der Waals surface area contributed by atoms with E-state index in [9.17, 15) is 0 Å². The quantitative estimate of drug-likeness (QED) is 0.599. The average molecular weight is 372 g/mol. The second-order valence-corrected chi connectivity index (χ2v) is 6.10. The molecular formula is C16H16N6O3S. The van der Waals surface area contributed by atoms with Gasteiger partial charge in [-0.25, -0.2) is 24.9 Å². The number of methoxy groups -OCH3 is 2. The van der Waals surface area contributed by atoms with Crippen LogP contribution in [0, 0.1) is 0 Å². The van der Waals surface area contributed by atoms with Gasteiger partial charge in [-0.2, -0.15) is 4.98 Å². The normalized spacial score (nSPS) is 13.7. The lowest BCUT2D eigenvalue weighted by atomic mass is 10.1. The summed E-state index contributed by atoms with van der Waals surface area (Å²) in [5.41, 5.74) is 2.37. The summed E-state index contributed by atoms with van der Waals surface area (Å²) in [6.45, 7) is 0. The predicted molar refractivity (Wildman–Crippen MR) is 95.4 cm³/mol. The molecule has 1 aliphatic rings. The summed E-state index contributed by atoms with van der Waals surface area (Å²) < 4.78 is 16.2. The van der Waals surface area contributed by atoms with Crippen LogP contribution >= 0.6 is 12.0 Å². The lowest BCUT2D eigenvalue weighted by Crippen LogP contribution is -2.04. The first-order valence-electron chi connectivity index (χ1n) is 7.93. The Balaban J connectivity index is 1.95. The number of aromatic nitrogens is 6. The van der Waals surface area contributed by atoms with E-state index in [1.807, 2.05) is 0 Å². The van der Waals surface area contributed by atoms with E-state index >= 15 is 0 Å². The molecule has 0 aliphatic heterocycles. The molecule has 3 aromatic rings. The topological polar surface area (TPSA) is 105 Å². The molecule has 3 aromatic heterocycles. The van der Waals surface area contributed by atoms with E-state index in [1.165, 1.54) is 19.6 Å². The summed E-state index contributed by atoms with van der Waals surface area (Å²) in [7, 11) is 3.09. The van der Waals surface area contributed by atoms with Crippen LogP contribution in [0.2, 0.25) is 0 Å². The van der Waals surface area contributed by atoms with Crippen molar-refractivity contribution < 1.29 is 13.7 Å². The lowest BCUT2D eigenvalue weighted by Gasteiger charge is -2.12. The fraction of sp³-hybridized carbons (Fsp3) is 0.375. The highest BCUT2D eigenvalue weighted by molar-refractivity contribution is 7.94. The molecule has 4 rings (SSSR count). The molecule has 0 spiro atoms. The van der Waals surface area contributed by atoms with Gasteiger partial charge in [0.2, 0.25) is 11.8 Å². The van der Waals surface area contributed by atoms with Crippen LogP contribution in [0.5, 0.6) is 17.6 Å². The lowest BCUT2D eigenvalue weighted by molar-refractivity contribution is 0.396. The molecule has 0 saturated heterocycles. The largest absolute Gasteiger partial charge is 0.480 e. The molecule has 0 radical (unpaired) electrons. The first-order chi connectivity index (χ1) is 12.7. The van der Waals surface area contributed by atoms with E-state index in [4.69, 9.17) is 13.7 Å². The van der Waals surface area contributed by atoms with Crippen LogP contribution in [0.4, 0.5) is 0 Å². The number of fused-ring (bicyclic) bond motifs is 1. The molecule has 134 valence electrons. The van der Waals surface area contributed by atoms with Gasteiger partial charge in [0.15, 0.2) is 17.0 Å². The van der Waals surface area contributed by atoms with Crippen molar-refractivity contribution in [3.8, 4) is 29.0 Å². The van der Waals surface area contributed by atoms with Gasteiger partial charge in [0.25, 0.3) is 5.88 Å². The van der Waals surface area contributed by atoms with Crippen molar-refractivity contribution in [3.63, 3.8) is 0 Å². The van der Waals surface area contributed by atoms with Crippen LogP contribution in [0.1, 0.15) is 24.5 Å².